The number of rotatable bonds is 1. The number of azide groups is 1. The lowest BCUT2D eigenvalue weighted by Crippen LogP contribution is -2.49. The van der Waals surface area contributed by atoms with Crippen molar-refractivity contribution in [2.75, 3.05) is 5.75 Å². The maximum absolute atomic E-state index is 11.1. The Morgan fingerprint density at radius 1 is 1.69 bits per heavy atom. The van der Waals surface area contributed by atoms with Gasteiger partial charge in [-0.2, -0.15) is 11.8 Å². The fraction of sp³-hybridized carbons (Fsp3) is 0.857. The first-order valence-electron chi connectivity index (χ1n) is 4.26. The Labute approximate surface area is 79.9 Å². The molecule has 2 heterocycles. The molecule has 1 N–H and O–H groups in total. The molecule has 13 heavy (non-hydrogen) atoms. The van der Waals surface area contributed by atoms with Crippen LogP contribution in [-0.4, -0.2) is 29.0 Å². The fourth-order valence-electron chi connectivity index (χ4n) is 1.83. The van der Waals surface area contributed by atoms with Crippen molar-refractivity contribution in [2.24, 2.45) is 5.11 Å². The van der Waals surface area contributed by atoms with Crippen molar-refractivity contribution >= 4 is 17.7 Å². The maximum atomic E-state index is 11.1. The molecule has 2 rings (SSSR count). The van der Waals surface area contributed by atoms with Crippen molar-refractivity contribution in [1.82, 2.24) is 5.32 Å². The number of carbonyl (C=O) groups excluding carboxylic acids is 1. The summed E-state index contributed by atoms with van der Waals surface area (Å²) in [5, 5.41) is 7.03. The third-order valence-electron chi connectivity index (χ3n) is 2.48. The molecule has 2 fully saturated rings. The van der Waals surface area contributed by atoms with Crippen molar-refractivity contribution in [3.05, 3.63) is 10.4 Å². The minimum atomic E-state index is -0.0516. The van der Waals surface area contributed by atoms with Gasteiger partial charge in [0.25, 0.3) is 0 Å². The predicted molar refractivity (Wildman–Crippen MR) is 50.3 cm³/mol. The zero-order valence-corrected chi connectivity index (χ0v) is 7.83. The standard InChI is InChI=1S/C7H10N4OS/c8-11-10-4-3-13-5-1-2-6(12)9-7(4)5/h4-5,7H,1-3H2,(H,9,12)/t4-,5+,7+/m1/s1. The molecule has 6 heteroatoms. The molecule has 0 unspecified atom stereocenters. The van der Waals surface area contributed by atoms with Crippen molar-refractivity contribution in [3.63, 3.8) is 0 Å². The minimum absolute atomic E-state index is 0.0516. The highest BCUT2D eigenvalue weighted by Gasteiger charge is 2.39. The highest BCUT2D eigenvalue weighted by atomic mass is 32.2. The Morgan fingerprint density at radius 3 is 3.31 bits per heavy atom. The first-order chi connectivity index (χ1) is 6.31. The highest BCUT2D eigenvalue weighted by Crippen LogP contribution is 2.34. The lowest BCUT2D eigenvalue weighted by molar-refractivity contribution is -0.123. The van der Waals surface area contributed by atoms with Gasteiger partial charge in [0.15, 0.2) is 0 Å². The largest absolute Gasteiger partial charge is 0.352 e. The van der Waals surface area contributed by atoms with E-state index < -0.39 is 0 Å². The van der Waals surface area contributed by atoms with E-state index in [4.69, 9.17) is 5.53 Å². The van der Waals surface area contributed by atoms with Gasteiger partial charge in [-0.1, -0.05) is 5.11 Å². The predicted octanol–water partition coefficient (Wildman–Crippen LogP) is 1.06. The van der Waals surface area contributed by atoms with E-state index in [0.29, 0.717) is 11.7 Å². The van der Waals surface area contributed by atoms with Gasteiger partial charge in [-0.3, -0.25) is 4.79 Å². The van der Waals surface area contributed by atoms with Crippen LogP contribution in [0.5, 0.6) is 0 Å². The Kier molecular flexibility index (Phi) is 2.33. The van der Waals surface area contributed by atoms with Gasteiger partial charge in [-0.05, 0) is 12.0 Å². The molecule has 0 bridgehead atoms. The van der Waals surface area contributed by atoms with E-state index in [1.54, 1.807) is 11.8 Å². The summed E-state index contributed by atoms with van der Waals surface area (Å²) in [6.45, 7) is 0. The summed E-state index contributed by atoms with van der Waals surface area (Å²) in [4.78, 5) is 13.9. The molecule has 2 aliphatic heterocycles. The first kappa shape index (κ1) is 8.72. The number of hydrogen-bond acceptors (Lipinski definition) is 3. The van der Waals surface area contributed by atoms with E-state index in [-0.39, 0.29) is 18.0 Å². The third kappa shape index (κ3) is 1.59. The molecule has 70 valence electrons. The summed E-state index contributed by atoms with van der Waals surface area (Å²) in [7, 11) is 0. The van der Waals surface area contributed by atoms with Crippen LogP contribution in [0.4, 0.5) is 0 Å². The molecule has 0 aromatic heterocycles. The van der Waals surface area contributed by atoms with Crippen LogP contribution in [-0.2, 0) is 4.79 Å². The zero-order valence-electron chi connectivity index (χ0n) is 7.01. The molecule has 0 saturated carbocycles. The van der Waals surface area contributed by atoms with Crippen LogP contribution in [0, 0.1) is 0 Å². The molecule has 2 aliphatic rings. The summed E-state index contributed by atoms with van der Waals surface area (Å²) in [5.74, 6) is 0.918. The molecule has 2 saturated heterocycles. The van der Waals surface area contributed by atoms with Crippen LogP contribution in [0.15, 0.2) is 5.11 Å². The molecule has 3 atom stereocenters. The van der Waals surface area contributed by atoms with Gasteiger partial charge < -0.3 is 5.32 Å². The number of carbonyl (C=O) groups is 1. The Hall–Kier alpha value is -0.870. The van der Waals surface area contributed by atoms with Crippen molar-refractivity contribution in [1.29, 1.82) is 0 Å². The lowest BCUT2D eigenvalue weighted by atomic mass is 9.99. The zero-order chi connectivity index (χ0) is 9.26. The van der Waals surface area contributed by atoms with Crippen LogP contribution in [0.25, 0.3) is 10.4 Å². The number of nitrogens with zero attached hydrogens (tertiary/aromatic N) is 3. The number of hydrogen-bond donors (Lipinski definition) is 1. The molecule has 0 spiro atoms. The first-order valence-corrected chi connectivity index (χ1v) is 5.31. The van der Waals surface area contributed by atoms with Gasteiger partial charge in [0.1, 0.15) is 0 Å². The quantitative estimate of drug-likeness (QED) is 0.388. The fourth-order valence-corrected chi connectivity index (χ4v) is 3.29. The van der Waals surface area contributed by atoms with Crippen LogP contribution < -0.4 is 5.32 Å². The summed E-state index contributed by atoms with van der Waals surface area (Å²) in [6.07, 6.45) is 1.52. The van der Waals surface area contributed by atoms with Gasteiger partial charge >= 0.3 is 0 Å². The normalized spacial score (nSPS) is 37.5. The summed E-state index contributed by atoms with van der Waals surface area (Å²) >= 11 is 1.80. The second-order valence-corrected chi connectivity index (χ2v) is 4.55. The molecule has 0 aromatic carbocycles. The number of piperidine rings is 1. The molecule has 5 nitrogen and oxygen atoms in total. The molecular formula is C7H10N4OS. The van der Waals surface area contributed by atoms with Gasteiger partial charge in [0.2, 0.25) is 5.91 Å². The molecule has 0 aliphatic carbocycles. The summed E-state index contributed by atoms with van der Waals surface area (Å²) in [5.41, 5.74) is 8.32. The van der Waals surface area contributed by atoms with E-state index in [9.17, 15) is 4.79 Å². The van der Waals surface area contributed by atoms with E-state index in [0.717, 1.165) is 12.2 Å². The highest BCUT2D eigenvalue weighted by molar-refractivity contribution is 8.00. The van der Waals surface area contributed by atoms with Gasteiger partial charge in [-0.25, -0.2) is 0 Å². The average Bonchev–Trinajstić information content (AvgIpc) is 2.49. The number of amides is 1. The van der Waals surface area contributed by atoms with Gasteiger partial charge in [0, 0.05) is 28.4 Å². The number of fused-ring (bicyclic) bond motifs is 1. The van der Waals surface area contributed by atoms with Crippen LogP contribution in [0.3, 0.4) is 0 Å². The van der Waals surface area contributed by atoms with Crippen molar-refractivity contribution in [2.45, 2.75) is 30.2 Å². The second kappa shape index (κ2) is 3.47. The number of nitrogens with one attached hydrogen (secondary N) is 1. The van der Waals surface area contributed by atoms with E-state index in [1.165, 1.54) is 0 Å². The van der Waals surface area contributed by atoms with Crippen molar-refractivity contribution < 1.29 is 4.79 Å². The molecule has 1 amide bonds. The van der Waals surface area contributed by atoms with E-state index >= 15 is 0 Å². The third-order valence-corrected chi connectivity index (χ3v) is 3.97. The second-order valence-electron chi connectivity index (χ2n) is 3.28. The number of thioether (sulfide) groups is 1. The van der Waals surface area contributed by atoms with E-state index in [2.05, 4.69) is 15.3 Å². The van der Waals surface area contributed by atoms with Crippen molar-refractivity contribution in [3.8, 4) is 0 Å². The van der Waals surface area contributed by atoms with Crippen LogP contribution in [0.1, 0.15) is 12.8 Å². The summed E-state index contributed by atoms with van der Waals surface area (Å²) in [6, 6.07) is 0.0198. The maximum Gasteiger partial charge on any atom is 0.220 e. The Balaban J connectivity index is 2.10. The Bertz CT molecular complexity index is 276. The minimum Gasteiger partial charge on any atom is -0.352 e. The van der Waals surface area contributed by atoms with Crippen LogP contribution >= 0.6 is 11.8 Å². The Morgan fingerprint density at radius 2 is 2.54 bits per heavy atom. The topological polar surface area (TPSA) is 77.9 Å². The van der Waals surface area contributed by atoms with Gasteiger partial charge in [-0.15, -0.1) is 0 Å². The van der Waals surface area contributed by atoms with Crippen LogP contribution in [0.2, 0.25) is 0 Å². The molecule has 0 aromatic rings. The monoisotopic (exact) mass is 198 g/mol. The van der Waals surface area contributed by atoms with E-state index in [1.807, 2.05) is 0 Å². The molecule has 0 radical (unpaired) electrons. The SMILES string of the molecule is [N-]=[N+]=N[C@@H]1CS[C@H]2CCC(=O)N[C@H]21. The molecular weight excluding hydrogens is 188 g/mol. The average molecular weight is 198 g/mol. The lowest BCUT2D eigenvalue weighted by Gasteiger charge is -2.27. The summed E-state index contributed by atoms with van der Waals surface area (Å²) < 4.78 is 0. The van der Waals surface area contributed by atoms with Gasteiger partial charge in [0.05, 0.1) is 6.04 Å². The smallest absolute Gasteiger partial charge is 0.220 e.